The van der Waals surface area contributed by atoms with Gasteiger partial charge in [-0.05, 0) is 18.8 Å². The van der Waals surface area contributed by atoms with Crippen molar-refractivity contribution >= 4 is 6.09 Å². The van der Waals surface area contributed by atoms with Gasteiger partial charge in [0.25, 0.3) is 0 Å². The van der Waals surface area contributed by atoms with E-state index in [1.165, 1.54) is 6.42 Å². The van der Waals surface area contributed by atoms with Gasteiger partial charge in [0.1, 0.15) is 6.61 Å². The van der Waals surface area contributed by atoms with Gasteiger partial charge in [0.15, 0.2) is 0 Å². The van der Waals surface area contributed by atoms with E-state index in [4.69, 9.17) is 9.47 Å². The molecule has 4 nitrogen and oxygen atoms in total. The fourth-order valence-electron chi connectivity index (χ4n) is 1.83. The average molecular weight is 215 g/mol. The molecular formula is C11H21NO3. The molecule has 15 heavy (non-hydrogen) atoms. The Morgan fingerprint density at radius 3 is 2.53 bits per heavy atom. The first-order chi connectivity index (χ1) is 7.27. The SMILES string of the molecule is CCC1CCN(C(=O)OCCOC)CC1. The maximum absolute atomic E-state index is 11.5. The number of rotatable bonds is 4. The van der Waals surface area contributed by atoms with E-state index in [0.717, 1.165) is 31.8 Å². The van der Waals surface area contributed by atoms with Crippen LogP contribution in [-0.2, 0) is 9.47 Å². The zero-order valence-electron chi connectivity index (χ0n) is 9.70. The summed E-state index contributed by atoms with van der Waals surface area (Å²) in [6.45, 7) is 4.70. The van der Waals surface area contributed by atoms with E-state index < -0.39 is 0 Å². The summed E-state index contributed by atoms with van der Waals surface area (Å²) < 4.78 is 9.87. The van der Waals surface area contributed by atoms with Crippen molar-refractivity contribution in [3.8, 4) is 0 Å². The molecule has 0 bridgehead atoms. The van der Waals surface area contributed by atoms with Crippen molar-refractivity contribution < 1.29 is 14.3 Å². The molecule has 0 saturated carbocycles. The van der Waals surface area contributed by atoms with E-state index >= 15 is 0 Å². The molecule has 1 aliphatic heterocycles. The lowest BCUT2D eigenvalue weighted by Crippen LogP contribution is -2.39. The zero-order chi connectivity index (χ0) is 11.1. The number of nitrogens with zero attached hydrogens (tertiary/aromatic N) is 1. The molecule has 88 valence electrons. The molecule has 1 aliphatic rings. The maximum Gasteiger partial charge on any atom is 0.409 e. The number of ether oxygens (including phenoxy) is 2. The fourth-order valence-corrected chi connectivity index (χ4v) is 1.83. The van der Waals surface area contributed by atoms with Crippen molar-refractivity contribution in [2.24, 2.45) is 5.92 Å². The standard InChI is InChI=1S/C11H21NO3/c1-3-10-4-6-12(7-5-10)11(13)15-9-8-14-2/h10H,3-9H2,1-2H3. The summed E-state index contributed by atoms with van der Waals surface area (Å²) in [7, 11) is 1.60. The van der Waals surface area contributed by atoms with Crippen LogP contribution >= 0.6 is 0 Å². The van der Waals surface area contributed by atoms with Crippen LogP contribution in [0.5, 0.6) is 0 Å². The third-order valence-corrected chi connectivity index (χ3v) is 2.96. The Balaban J connectivity index is 2.18. The Morgan fingerprint density at radius 1 is 1.33 bits per heavy atom. The van der Waals surface area contributed by atoms with Crippen LogP contribution in [0.25, 0.3) is 0 Å². The molecule has 1 amide bonds. The summed E-state index contributed by atoms with van der Waals surface area (Å²) in [5, 5.41) is 0. The van der Waals surface area contributed by atoms with Crippen LogP contribution in [0.4, 0.5) is 4.79 Å². The highest BCUT2D eigenvalue weighted by molar-refractivity contribution is 5.67. The number of carbonyl (C=O) groups is 1. The number of amides is 1. The molecule has 0 N–H and O–H groups in total. The van der Waals surface area contributed by atoms with Gasteiger partial charge < -0.3 is 14.4 Å². The molecule has 0 unspecified atom stereocenters. The van der Waals surface area contributed by atoms with Crippen LogP contribution < -0.4 is 0 Å². The normalized spacial score (nSPS) is 17.9. The van der Waals surface area contributed by atoms with Crippen LogP contribution in [-0.4, -0.2) is 44.4 Å². The van der Waals surface area contributed by atoms with Gasteiger partial charge in [-0.2, -0.15) is 0 Å². The zero-order valence-corrected chi connectivity index (χ0v) is 9.70. The second-order valence-electron chi connectivity index (χ2n) is 3.95. The minimum atomic E-state index is -0.193. The van der Waals surface area contributed by atoms with Gasteiger partial charge in [0, 0.05) is 20.2 Å². The molecule has 0 aromatic carbocycles. The Bertz CT molecular complexity index is 188. The number of hydrogen-bond donors (Lipinski definition) is 0. The predicted octanol–water partition coefficient (Wildman–Crippen LogP) is 1.89. The molecule has 0 spiro atoms. The van der Waals surface area contributed by atoms with Gasteiger partial charge in [-0.3, -0.25) is 0 Å². The first kappa shape index (κ1) is 12.3. The van der Waals surface area contributed by atoms with Crippen molar-refractivity contribution in [3.63, 3.8) is 0 Å². The molecule has 1 saturated heterocycles. The highest BCUT2D eigenvalue weighted by Gasteiger charge is 2.22. The third-order valence-electron chi connectivity index (χ3n) is 2.96. The highest BCUT2D eigenvalue weighted by atomic mass is 16.6. The molecule has 0 aromatic heterocycles. The van der Waals surface area contributed by atoms with Gasteiger partial charge in [-0.25, -0.2) is 4.79 Å². The molecule has 0 atom stereocenters. The van der Waals surface area contributed by atoms with Gasteiger partial charge in [0.2, 0.25) is 0 Å². The van der Waals surface area contributed by atoms with Crippen molar-refractivity contribution in [2.45, 2.75) is 26.2 Å². The van der Waals surface area contributed by atoms with Crippen molar-refractivity contribution in [1.29, 1.82) is 0 Å². The van der Waals surface area contributed by atoms with Gasteiger partial charge in [0.05, 0.1) is 6.61 Å². The summed E-state index contributed by atoms with van der Waals surface area (Å²) in [5.74, 6) is 0.785. The number of likely N-dealkylation sites (tertiary alicyclic amines) is 1. The summed E-state index contributed by atoms with van der Waals surface area (Å²) >= 11 is 0. The maximum atomic E-state index is 11.5. The molecule has 1 fully saturated rings. The molecule has 0 radical (unpaired) electrons. The summed E-state index contributed by atoms with van der Waals surface area (Å²) in [4.78, 5) is 13.3. The predicted molar refractivity (Wildman–Crippen MR) is 57.8 cm³/mol. The van der Waals surface area contributed by atoms with E-state index in [-0.39, 0.29) is 6.09 Å². The third kappa shape index (κ3) is 4.08. The Labute approximate surface area is 91.5 Å². The monoisotopic (exact) mass is 215 g/mol. The molecule has 1 rings (SSSR count). The van der Waals surface area contributed by atoms with Crippen molar-refractivity contribution in [3.05, 3.63) is 0 Å². The van der Waals surface area contributed by atoms with Crippen molar-refractivity contribution in [1.82, 2.24) is 4.90 Å². The van der Waals surface area contributed by atoms with E-state index in [9.17, 15) is 4.79 Å². The van der Waals surface area contributed by atoms with E-state index in [2.05, 4.69) is 6.92 Å². The number of piperidine rings is 1. The number of hydrogen-bond acceptors (Lipinski definition) is 3. The Kier molecular flexibility index (Phi) is 5.47. The van der Waals surface area contributed by atoms with Crippen molar-refractivity contribution in [2.75, 3.05) is 33.4 Å². The first-order valence-electron chi connectivity index (χ1n) is 5.68. The van der Waals surface area contributed by atoms with Crippen LogP contribution in [0, 0.1) is 5.92 Å². The molecular weight excluding hydrogens is 194 g/mol. The largest absolute Gasteiger partial charge is 0.447 e. The lowest BCUT2D eigenvalue weighted by atomic mass is 9.95. The minimum absolute atomic E-state index is 0.193. The Hall–Kier alpha value is -0.770. The van der Waals surface area contributed by atoms with E-state index in [0.29, 0.717) is 13.2 Å². The molecule has 0 aromatic rings. The van der Waals surface area contributed by atoms with Gasteiger partial charge >= 0.3 is 6.09 Å². The number of carbonyl (C=O) groups excluding carboxylic acids is 1. The van der Waals surface area contributed by atoms with E-state index in [1.807, 2.05) is 0 Å². The smallest absolute Gasteiger partial charge is 0.409 e. The van der Waals surface area contributed by atoms with Crippen LogP contribution in [0.1, 0.15) is 26.2 Å². The molecule has 1 heterocycles. The van der Waals surface area contributed by atoms with Gasteiger partial charge in [-0.15, -0.1) is 0 Å². The average Bonchev–Trinajstić information content (AvgIpc) is 2.29. The second-order valence-corrected chi connectivity index (χ2v) is 3.95. The first-order valence-corrected chi connectivity index (χ1v) is 5.68. The number of methoxy groups -OCH3 is 1. The van der Waals surface area contributed by atoms with Crippen LogP contribution in [0.15, 0.2) is 0 Å². The summed E-state index contributed by atoms with van der Waals surface area (Å²) in [6.07, 6.45) is 3.24. The lowest BCUT2D eigenvalue weighted by Gasteiger charge is -2.30. The molecule has 4 heteroatoms. The summed E-state index contributed by atoms with van der Waals surface area (Å²) in [5.41, 5.74) is 0. The Morgan fingerprint density at radius 2 is 2.00 bits per heavy atom. The second kappa shape index (κ2) is 6.67. The van der Waals surface area contributed by atoms with Gasteiger partial charge in [-0.1, -0.05) is 13.3 Å². The van der Waals surface area contributed by atoms with Crippen LogP contribution in [0.2, 0.25) is 0 Å². The lowest BCUT2D eigenvalue weighted by molar-refractivity contribution is 0.0627. The summed E-state index contributed by atoms with van der Waals surface area (Å²) in [6, 6.07) is 0. The van der Waals surface area contributed by atoms with Crippen LogP contribution in [0.3, 0.4) is 0 Å². The fraction of sp³-hybridized carbons (Fsp3) is 0.909. The highest BCUT2D eigenvalue weighted by Crippen LogP contribution is 2.20. The minimum Gasteiger partial charge on any atom is -0.447 e. The topological polar surface area (TPSA) is 38.8 Å². The molecule has 0 aliphatic carbocycles. The van der Waals surface area contributed by atoms with E-state index in [1.54, 1.807) is 12.0 Å². The quantitative estimate of drug-likeness (QED) is 0.672.